The van der Waals surface area contributed by atoms with Gasteiger partial charge in [-0.2, -0.15) is 0 Å². The monoisotopic (exact) mass is 314 g/mol. The molecule has 2 aliphatic carbocycles. The molecule has 2 aliphatic heterocycles. The summed E-state index contributed by atoms with van der Waals surface area (Å²) in [4.78, 5) is 14.3. The number of carbonyl (C=O) groups is 1. The van der Waals surface area contributed by atoms with Gasteiger partial charge in [0.2, 0.25) is 10.0 Å². The highest BCUT2D eigenvalue weighted by Crippen LogP contribution is 2.52. The lowest BCUT2D eigenvalue weighted by Crippen LogP contribution is -2.44. The third kappa shape index (κ3) is 2.29. The summed E-state index contributed by atoms with van der Waals surface area (Å²) in [7, 11) is -3.18. The minimum absolute atomic E-state index is 0.146. The van der Waals surface area contributed by atoms with E-state index >= 15 is 0 Å². The predicted octanol–water partition coefficient (Wildman–Crippen LogP) is 0.0941. The Morgan fingerprint density at radius 2 is 1.95 bits per heavy atom. The van der Waals surface area contributed by atoms with E-state index in [1.807, 2.05) is 0 Å². The predicted molar refractivity (Wildman–Crippen MR) is 76.0 cm³/mol. The van der Waals surface area contributed by atoms with Crippen molar-refractivity contribution >= 4 is 16.0 Å². The van der Waals surface area contributed by atoms with E-state index in [2.05, 4.69) is 9.62 Å². The fraction of sp³-hybridized carbons (Fsp3) is 0.929. The zero-order chi connectivity index (χ0) is 14.6. The maximum atomic E-state index is 12.1. The van der Waals surface area contributed by atoms with Crippen LogP contribution in [0, 0.1) is 11.8 Å². The number of fused-ring (bicyclic) bond motifs is 1. The number of esters is 1. The Morgan fingerprint density at radius 1 is 1.19 bits per heavy atom. The molecular formula is C14H22N2O4S. The molecule has 1 N–H and O–H groups in total. The van der Waals surface area contributed by atoms with Crippen LogP contribution in [-0.4, -0.2) is 56.3 Å². The topological polar surface area (TPSA) is 75.7 Å². The number of rotatable bonds is 3. The average Bonchev–Trinajstić information content (AvgIpc) is 3.04. The van der Waals surface area contributed by atoms with Gasteiger partial charge in [-0.1, -0.05) is 6.42 Å². The highest BCUT2D eigenvalue weighted by atomic mass is 32.2. The normalized spacial score (nSPS) is 44.1. The summed E-state index contributed by atoms with van der Waals surface area (Å²) in [6.07, 6.45) is 4.81. The van der Waals surface area contributed by atoms with Crippen molar-refractivity contribution in [3.05, 3.63) is 0 Å². The van der Waals surface area contributed by atoms with Crippen molar-refractivity contribution in [2.45, 2.75) is 49.5 Å². The van der Waals surface area contributed by atoms with Gasteiger partial charge >= 0.3 is 5.97 Å². The number of likely N-dealkylation sites (tertiary alicyclic amines) is 1. The number of nitrogens with one attached hydrogen (secondary N) is 1. The van der Waals surface area contributed by atoms with Crippen molar-refractivity contribution in [3.8, 4) is 0 Å². The summed E-state index contributed by atoms with van der Waals surface area (Å²) < 4.78 is 32.3. The van der Waals surface area contributed by atoms with Gasteiger partial charge in [0.1, 0.15) is 6.10 Å². The van der Waals surface area contributed by atoms with Crippen molar-refractivity contribution in [1.82, 2.24) is 9.62 Å². The average molecular weight is 314 g/mol. The first-order valence-corrected chi connectivity index (χ1v) is 9.52. The third-order valence-electron chi connectivity index (χ3n) is 5.64. The van der Waals surface area contributed by atoms with Crippen molar-refractivity contribution in [3.63, 3.8) is 0 Å². The Hall–Kier alpha value is -0.660. The Balaban J connectivity index is 1.39. The van der Waals surface area contributed by atoms with Gasteiger partial charge in [-0.3, -0.25) is 9.69 Å². The van der Waals surface area contributed by atoms with Gasteiger partial charge in [0, 0.05) is 0 Å². The Bertz CT molecular complexity index is 543. The SMILES string of the molecule is O=C(CN1CCCCC1)OC1C2CC3C1NS(=O)(=O)C3C2. The molecule has 0 aromatic rings. The van der Waals surface area contributed by atoms with E-state index in [1.54, 1.807) is 0 Å². The minimum atomic E-state index is -3.18. The largest absolute Gasteiger partial charge is 0.459 e. The van der Waals surface area contributed by atoms with Gasteiger partial charge in [-0.25, -0.2) is 13.1 Å². The van der Waals surface area contributed by atoms with Crippen molar-refractivity contribution in [1.29, 1.82) is 0 Å². The summed E-state index contributed by atoms with van der Waals surface area (Å²) in [5, 5.41) is -0.246. The van der Waals surface area contributed by atoms with Crippen LogP contribution in [0.2, 0.25) is 0 Å². The van der Waals surface area contributed by atoms with Gasteiger partial charge in [0.15, 0.2) is 0 Å². The quantitative estimate of drug-likeness (QED) is 0.748. The lowest BCUT2D eigenvalue weighted by Gasteiger charge is -2.29. The molecule has 118 valence electrons. The molecule has 0 aromatic carbocycles. The molecule has 5 atom stereocenters. The van der Waals surface area contributed by atoms with Gasteiger partial charge in [0.05, 0.1) is 17.8 Å². The third-order valence-corrected chi connectivity index (χ3v) is 7.58. The molecule has 4 rings (SSSR count). The summed E-state index contributed by atoms with van der Waals surface area (Å²) in [6.45, 7) is 2.27. The number of ether oxygens (including phenoxy) is 1. The van der Waals surface area contributed by atoms with E-state index in [0.717, 1.165) is 32.4 Å². The molecule has 21 heavy (non-hydrogen) atoms. The van der Waals surface area contributed by atoms with Crippen LogP contribution < -0.4 is 4.72 Å². The first-order valence-electron chi connectivity index (χ1n) is 7.97. The molecule has 0 spiro atoms. The van der Waals surface area contributed by atoms with E-state index < -0.39 is 10.0 Å². The van der Waals surface area contributed by atoms with Crippen molar-refractivity contribution in [2.24, 2.45) is 11.8 Å². The number of nitrogens with zero attached hydrogens (tertiary/aromatic N) is 1. The van der Waals surface area contributed by atoms with Crippen molar-refractivity contribution in [2.75, 3.05) is 19.6 Å². The van der Waals surface area contributed by atoms with Crippen LogP contribution >= 0.6 is 0 Å². The fourth-order valence-corrected chi connectivity index (χ4v) is 6.80. The molecule has 2 heterocycles. The highest BCUT2D eigenvalue weighted by molar-refractivity contribution is 7.90. The van der Waals surface area contributed by atoms with E-state index in [9.17, 15) is 13.2 Å². The fourth-order valence-electron chi connectivity index (χ4n) is 4.70. The van der Waals surface area contributed by atoms with Gasteiger partial charge in [-0.05, 0) is 50.6 Å². The molecule has 7 heteroatoms. The van der Waals surface area contributed by atoms with Crippen LogP contribution in [0.25, 0.3) is 0 Å². The first kappa shape index (κ1) is 14.0. The summed E-state index contributed by atoms with van der Waals surface area (Å²) in [6, 6.07) is -0.177. The Morgan fingerprint density at radius 3 is 2.71 bits per heavy atom. The number of piperidine rings is 1. The van der Waals surface area contributed by atoms with E-state index in [1.165, 1.54) is 6.42 Å². The molecule has 2 saturated heterocycles. The molecule has 0 aromatic heterocycles. The van der Waals surface area contributed by atoms with E-state index in [4.69, 9.17) is 4.74 Å². The van der Waals surface area contributed by atoms with Crippen LogP contribution in [0.3, 0.4) is 0 Å². The second-order valence-electron chi connectivity index (χ2n) is 6.91. The number of hydrogen-bond donors (Lipinski definition) is 1. The lowest BCUT2D eigenvalue weighted by atomic mass is 9.93. The van der Waals surface area contributed by atoms with E-state index in [-0.39, 0.29) is 35.2 Å². The smallest absolute Gasteiger partial charge is 0.320 e. The molecule has 2 bridgehead atoms. The van der Waals surface area contributed by atoms with Crippen molar-refractivity contribution < 1.29 is 17.9 Å². The van der Waals surface area contributed by atoms with E-state index in [0.29, 0.717) is 13.0 Å². The molecular weight excluding hydrogens is 292 g/mol. The zero-order valence-electron chi connectivity index (χ0n) is 12.0. The molecule has 0 amide bonds. The summed E-state index contributed by atoms with van der Waals surface area (Å²) in [5.74, 6) is 0.171. The second kappa shape index (κ2) is 4.93. The Labute approximate surface area is 125 Å². The van der Waals surface area contributed by atoms with Crippen LogP contribution in [0.4, 0.5) is 0 Å². The molecule has 4 fully saturated rings. The van der Waals surface area contributed by atoms with Gasteiger partial charge in [-0.15, -0.1) is 0 Å². The van der Waals surface area contributed by atoms with Gasteiger partial charge in [0.25, 0.3) is 0 Å². The standard InChI is InChI=1S/C14H22N2O4S/c17-12(8-16-4-2-1-3-5-16)20-14-9-6-10-11(7-9)21(18,19)15-13(10)14/h9-11,13-15H,1-8H2. The number of sulfonamides is 1. The van der Waals surface area contributed by atoms with Crippen LogP contribution in [0.15, 0.2) is 0 Å². The minimum Gasteiger partial charge on any atom is -0.459 e. The number of hydrogen-bond acceptors (Lipinski definition) is 5. The molecule has 6 nitrogen and oxygen atoms in total. The molecule has 4 aliphatic rings. The molecule has 5 unspecified atom stereocenters. The van der Waals surface area contributed by atoms with Crippen LogP contribution in [0.1, 0.15) is 32.1 Å². The molecule has 0 radical (unpaired) electrons. The maximum Gasteiger partial charge on any atom is 0.320 e. The highest BCUT2D eigenvalue weighted by Gasteiger charge is 2.63. The summed E-state index contributed by atoms with van der Waals surface area (Å²) >= 11 is 0. The second-order valence-corrected chi connectivity index (χ2v) is 8.84. The number of carbonyl (C=O) groups excluding carboxylic acids is 1. The van der Waals surface area contributed by atoms with Crippen LogP contribution in [0.5, 0.6) is 0 Å². The maximum absolute atomic E-state index is 12.1. The first-order chi connectivity index (χ1) is 10.0. The van der Waals surface area contributed by atoms with Crippen LogP contribution in [-0.2, 0) is 19.6 Å². The summed E-state index contributed by atoms with van der Waals surface area (Å²) in [5.41, 5.74) is 0. The molecule has 2 saturated carbocycles. The zero-order valence-corrected chi connectivity index (χ0v) is 12.8. The lowest BCUT2D eigenvalue weighted by molar-refractivity contribution is -0.154. The Kier molecular flexibility index (Phi) is 3.28. The van der Waals surface area contributed by atoms with Gasteiger partial charge < -0.3 is 4.74 Å².